The standard InChI is InChI=1S/C26H29NO4/c1-17-8-7-11-27(15-17)26(28)12-18(2)20-13-21-22(16-31-25(21)14-24(20)30-4)19-9-5-6-10-23(19)29-3/h5-6,9-10,12-14,16-17H,7-8,11,15H2,1-4H3/b18-12+. The van der Waals surface area contributed by atoms with Crippen molar-refractivity contribution >= 4 is 22.4 Å². The number of methoxy groups -OCH3 is 2. The molecule has 1 amide bonds. The fourth-order valence-corrected chi connectivity index (χ4v) is 4.35. The summed E-state index contributed by atoms with van der Waals surface area (Å²) in [5.74, 6) is 2.07. The quantitative estimate of drug-likeness (QED) is 0.492. The van der Waals surface area contributed by atoms with Crippen LogP contribution in [-0.2, 0) is 4.79 Å². The summed E-state index contributed by atoms with van der Waals surface area (Å²) in [6.45, 7) is 5.80. The van der Waals surface area contributed by atoms with Gasteiger partial charge in [-0.3, -0.25) is 4.79 Å². The van der Waals surface area contributed by atoms with Gasteiger partial charge in [-0.05, 0) is 43.4 Å². The van der Waals surface area contributed by atoms with E-state index in [9.17, 15) is 4.79 Å². The van der Waals surface area contributed by atoms with Crippen molar-refractivity contribution in [1.82, 2.24) is 4.90 Å². The second-order valence-electron chi connectivity index (χ2n) is 8.26. The Balaban J connectivity index is 1.75. The van der Waals surface area contributed by atoms with Crippen molar-refractivity contribution in [1.29, 1.82) is 0 Å². The predicted molar refractivity (Wildman–Crippen MR) is 123 cm³/mol. The number of hydrogen-bond donors (Lipinski definition) is 0. The van der Waals surface area contributed by atoms with Crippen LogP contribution in [0.5, 0.6) is 11.5 Å². The number of rotatable bonds is 5. The SMILES string of the molecule is COc1cc2occ(-c3ccccc3OC)c2cc1/C(C)=C/C(=O)N1CCCC(C)C1. The number of nitrogens with zero attached hydrogens (tertiary/aromatic N) is 1. The number of carbonyl (C=O) groups excluding carboxylic acids is 1. The second kappa shape index (κ2) is 8.88. The minimum atomic E-state index is 0.0587. The maximum atomic E-state index is 12.9. The third kappa shape index (κ3) is 4.18. The normalized spacial score (nSPS) is 17.1. The Morgan fingerprint density at radius 1 is 1.13 bits per heavy atom. The van der Waals surface area contributed by atoms with E-state index in [1.807, 2.05) is 48.2 Å². The number of ether oxygens (including phenoxy) is 2. The number of furan rings is 1. The molecule has 0 aliphatic carbocycles. The Morgan fingerprint density at radius 2 is 1.90 bits per heavy atom. The summed E-state index contributed by atoms with van der Waals surface area (Å²) in [7, 11) is 3.30. The number of amides is 1. The highest BCUT2D eigenvalue weighted by atomic mass is 16.5. The summed E-state index contributed by atoms with van der Waals surface area (Å²) < 4.78 is 17.0. The van der Waals surface area contributed by atoms with Crippen molar-refractivity contribution in [2.24, 2.45) is 5.92 Å². The molecule has 0 spiro atoms. The molecule has 3 aromatic rings. The van der Waals surface area contributed by atoms with E-state index in [1.165, 1.54) is 6.42 Å². The van der Waals surface area contributed by atoms with E-state index in [-0.39, 0.29) is 5.91 Å². The molecule has 0 saturated carbocycles. The van der Waals surface area contributed by atoms with Gasteiger partial charge in [-0.2, -0.15) is 0 Å². The van der Waals surface area contributed by atoms with Gasteiger partial charge < -0.3 is 18.8 Å². The van der Waals surface area contributed by atoms with Crippen LogP contribution < -0.4 is 9.47 Å². The van der Waals surface area contributed by atoms with Gasteiger partial charge in [0.25, 0.3) is 0 Å². The van der Waals surface area contributed by atoms with Crippen LogP contribution in [-0.4, -0.2) is 38.1 Å². The maximum Gasteiger partial charge on any atom is 0.246 e. The molecule has 0 N–H and O–H groups in total. The molecule has 162 valence electrons. The van der Waals surface area contributed by atoms with Crippen LogP contribution in [0.3, 0.4) is 0 Å². The van der Waals surface area contributed by atoms with Crippen LogP contribution in [0.15, 0.2) is 53.2 Å². The van der Waals surface area contributed by atoms with Gasteiger partial charge in [0.2, 0.25) is 5.91 Å². The van der Waals surface area contributed by atoms with Gasteiger partial charge in [0.15, 0.2) is 0 Å². The second-order valence-corrected chi connectivity index (χ2v) is 8.26. The first-order valence-corrected chi connectivity index (χ1v) is 10.7. The van der Waals surface area contributed by atoms with Gasteiger partial charge in [-0.15, -0.1) is 0 Å². The zero-order valence-corrected chi connectivity index (χ0v) is 18.6. The van der Waals surface area contributed by atoms with Crippen molar-refractivity contribution in [2.45, 2.75) is 26.7 Å². The first kappa shape index (κ1) is 21.0. The van der Waals surface area contributed by atoms with Gasteiger partial charge in [0.1, 0.15) is 17.1 Å². The molecular weight excluding hydrogens is 390 g/mol. The van der Waals surface area contributed by atoms with Crippen molar-refractivity contribution in [3.63, 3.8) is 0 Å². The molecule has 0 radical (unpaired) electrons. The fraction of sp³-hybridized carbons (Fsp3) is 0.346. The number of allylic oxidation sites excluding steroid dienone is 1. The van der Waals surface area contributed by atoms with Crippen molar-refractivity contribution < 1.29 is 18.7 Å². The summed E-state index contributed by atoms with van der Waals surface area (Å²) in [5.41, 5.74) is 4.38. The molecule has 0 bridgehead atoms. The average Bonchev–Trinajstić information content (AvgIpc) is 3.20. The van der Waals surface area contributed by atoms with E-state index in [4.69, 9.17) is 13.9 Å². The van der Waals surface area contributed by atoms with E-state index < -0.39 is 0 Å². The van der Waals surface area contributed by atoms with Crippen LogP contribution in [0.25, 0.3) is 27.7 Å². The zero-order valence-electron chi connectivity index (χ0n) is 18.6. The molecule has 1 fully saturated rings. The smallest absolute Gasteiger partial charge is 0.246 e. The zero-order chi connectivity index (χ0) is 22.0. The van der Waals surface area contributed by atoms with E-state index in [2.05, 4.69) is 6.92 Å². The van der Waals surface area contributed by atoms with Gasteiger partial charge in [0, 0.05) is 47.3 Å². The third-order valence-electron chi connectivity index (χ3n) is 6.03. The first-order chi connectivity index (χ1) is 15.0. The van der Waals surface area contributed by atoms with Gasteiger partial charge in [-0.25, -0.2) is 0 Å². The minimum absolute atomic E-state index is 0.0587. The lowest BCUT2D eigenvalue weighted by Gasteiger charge is -2.30. The highest BCUT2D eigenvalue weighted by Crippen LogP contribution is 2.40. The predicted octanol–water partition coefficient (Wildman–Crippen LogP) is 5.78. The molecule has 2 heterocycles. The van der Waals surface area contributed by atoms with Crippen LogP contribution in [0.2, 0.25) is 0 Å². The van der Waals surface area contributed by atoms with Gasteiger partial charge in [-0.1, -0.05) is 25.1 Å². The lowest BCUT2D eigenvalue weighted by atomic mass is 9.98. The van der Waals surface area contributed by atoms with Crippen molar-refractivity contribution in [2.75, 3.05) is 27.3 Å². The van der Waals surface area contributed by atoms with Crippen LogP contribution in [0, 0.1) is 5.92 Å². The summed E-state index contributed by atoms with van der Waals surface area (Å²) in [4.78, 5) is 14.8. The Labute approximate surface area is 183 Å². The molecule has 4 rings (SSSR count). The van der Waals surface area contributed by atoms with Crippen molar-refractivity contribution in [3.05, 3.63) is 54.3 Å². The van der Waals surface area contributed by atoms with Gasteiger partial charge in [0.05, 0.1) is 20.5 Å². The number of hydrogen-bond acceptors (Lipinski definition) is 4. The molecular formula is C26H29NO4. The molecule has 5 nitrogen and oxygen atoms in total. The lowest BCUT2D eigenvalue weighted by molar-refractivity contribution is -0.127. The van der Waals surface area contributed by atoms with E-state index in [1.54, 1.807) is 26.6 Å². The number of fused-ring (bicyclic) bond motifs is 1. The number of para-hydroxylation sites is 1. The van der Waals surface area contributed by atoms with E-state index >= 15 is 0 Å². The maximum absolute atomic E-state index is 12.9. The van der Waals surface area contributed by atoms with Crippen LogP contribution in [0.4, 0.5) is 0 Å². The Bertz CT molecular complexity index is 1130. The fourth-order valence-electron chi connectivity index (χ4n) is 4.35. The number of carbonyl (C=O) groups is 1. The monoisotopic (exact) mass is 419 g/mol. The van der Waals surface area contributed by atoms with Crippen LogP contribution in [0.1, 0.15) is 32.3 Å². The number of piperidine rings is 1. The van der Waals surface area contributed by atoms with E-state index in [0.717, 1.165) is 58.5 Å². The Hall–Kier alpha value is -3.21. The Morgan fingerprint density at radius 3 is 2.65 bits per heavy atom. The summed E-state index contributed by atoms with van der Waals surface area (Å²) in [6.07, 6.45) is 5.71. The molecule has 1 aliphatic heterocycles. The molecule has 2 aromatic carbocycles. The average molecular weight is 420 g/mol. The molecule has 5 heteroatoms. The Kier molecular flexibility index (Phi) is 6.03. The highest BCUT2D eigenvalue weighted by Gasteiger charge is 2.21. The lowest BCUT2D eigenvalue weighted by Crippen LogP contribution is -2.38. The van der Waals surface area contributed by atoms with Crippen LogP contribution >= 0.6 is 0 Å². The highest BCUT2D eigenvalue weighted by molar-refractivity contribution is 6.01. The molecule has 1 unspecified atom stereocenters. The largest absolute Gasteiger partial charge is 0.496 e. The van der Waals surface area contributed by atoms with Crippen molar-refractivity contribution in [3.8, 4) is 22.6 Å². The third-order valence-corrected chi connectivity index (χ3v) is 6.03. The van der Waals surface area contributed by atoms with Gasteiger partial charge >= 0.3 is 0 Å². The van der Waals surface area contributed by atoms with E-state index in [0.29, 0.717) is 11.7 Å². The number of likely N-dealkylation sites (tertiary alicyclic amines) is 1. The topological polar surface area (TPSA) is 51.9 Å². The summed E-state index contributed by atoms with van der Waals surface area (Å²) in [6, 6.07) is 11.8. The summed E-state index contributed by atoms with van der Waals surface area (Å²) in [5, 5.41) is 0.951. The molecule has 31 heavy (non-hydrogen) atoms. The summed E-state index contributed by atoms with van der Waals surface area (Å²) >= 11 is 0. The first-order valence-electron chi connectivity index (χ1n) is 10.7. The molecule has 1 atom stereocenters. The molecule has 1 saturated heterocycles. The molecule has 1 aliphatic rings. The molecule has 1 aromatic heterocycles. The number of benzene rings is 2. The minimum Gasteiger partial charge on any atom is -0.496 e.